The van der Waals surface area contributed by atoms with Crippen LogP contribution in [0.25, 0.3) is 0 Å². The average Bonchev–Trinajstić information content (AvgIpc) is 2.94. The second-order valence-corrected chi connectivity index (χ2v) is 7.37. The lowest BCUT2D eigenvalue weighted by Crippen LogP contribution is -2.30. The highest BCUT2D eigenvalue weighted by Gasteiger charge is 2.40. The molecule has 0 unspecified atom stereocenters. The summed E-state index contributed by atoms with van der Waals surface area (Å²) in [6.07, 6.45) is 1.85. The Morgan fingerprint density at radius 3 is 2.45 bits per heavy atom. The monoisotopic (exact) mass is 460 g/mol. The lowest BCUT2D eigenvalue weighted by Gasteiger charge is -2.13. The highest BCUT2D eigenvalue weighted by atomic mass is 79.9. The lowest BCUT2D eigenvalue weighted by atomic mass is 10.1. The number of nitrogens with zero attached hydrogens (tertiary/aromatic N) is 2. The van der Waals surface area contributed by atoms with Crippen molar-refractivity contribution in [2.75, 3.05) is 6.54 Å². The minimum Gasteiger partial charge on any atom is -0.427 e. The SMILES string of the molecule is O=C(CCCCCN1C(=O)c2cccc([N+](=O)[O-])c2C1=O)Oc1ccc(Br)cc1. The summed E-state index contributed by atoms with van der Waals surface area (Å²) in [5, 5.41) is 11.1. The van der Waals surface area contributed by atoms with Crippen LogP contribution in [0.3, 0.4) is 0 Å². The van der Waals surface area contributed by atoms with Crippen LogP contribution in [-0.2, 0) is 4.79 Å². The third kappa shape index (κ3) is 4.68. The summed E-state index contributed by atoms with van der Waals surface area (Å²) >= 11 is 3.30. The summed E-state index contributed by atoms with van der Waals surface area (Å²) < 4.78 is 6.10. The number of carbonyl (C=O) groups is 3. The molecule has 150 valence electrons. The molecule has 2 aromatic rings. The van der Waals surface area contributed by atoms with Crippen LogP contribution < -0.4 is 4.74 Å². The number of esters is 1. The fourth-order valence-corrected chi connectivity index (χ4v) is 3.34. The van der Waals surface area contributed by atoms with Crippen molar-refractivity contribution in [3.63, 3.8) is 0 Å². The molecule has 0 saturated carbocycles. The lowest BCUT2D eigenvalue weighted by molar-refractivity contribution is -0.385. The topological polar surface area (TPSA) is 107 Å². The van der Waals surface area contributed by atoms with E-state index >= 15 is 0 Å². The molecule has 1 aliphatic heterocycles. The van der Waals surface area contributed by atoms with E-state index in [2.05, 4.69) is 15.9 Å². The zero-order valence-electron chi connectivity index (χ0n) is 15.3. The number of benzene rings is 2. The van der Waals surface area contributed by atoms with Gasteiger partial charge in [0.1, 0.15) is 11.3 Å². The third-order valence-corrected chi connectivity index (χ3v) is 5.01. The van der Waals surface area contributed by atoms with Gasteiger partial charge in [0.2, 0.25) is 0 Å². The standard InChI is InChI=1S/C20H17BrN2O6/c21-13-8-10-14(11-9-13)29-17(24)7-2-1-3-12-22-19(25)15-5-4-6-16(23(27)28)18(15)20(22)26/h4-6,8-11H,1-3,7,12H2. The first-order valence-electron chi connectivity index (χ1n) is 8.98. The Bertz CT molecular complexity index is 973. The number of nitro groups is 1. The summed E-state index contributed by atoms with van der Waals surface area (Å²) in [4.78, 5) is 48.2. The van der Waals surface area contributed by atoms with Gasteiger partial charge < -0.3 is 4.74 Å². The average molecular weight is 461 g/mol. The Balaban J connectivity index is 1.46. The zero-order chi connectivity index (χ0) is 21.0. The maximum Gasteiger partial charge on any atom is 0.311 e. The molecular formula is C20H17BrN2O6. The minimum atomic E-state index is -0.662. The van der Waals surface area contributed by atoms with Crippen molar-refractivity contribution in [2.45, 2.75) is 25.7 Å². The molecule has 0 radical (unpaired) electrons. The summed E-state index contributed by atoms with van der Waals surface area (Å²) in [7, 11) is 0. The third-order valence-electron chi connectivity index (χ3n) is 4.48. The molecular weight excluding hydrogens is 444 g/mol. The van der Waals surface area contributed by atoms with Crippen LogP contribution in [0.2, 0.25) is 0 Å². The maximum atomic E-state index is 12.5. The molecule has 0 aliphatic carbocycles. The normalized spacial score (nSPS) is 12.8. The van der Waals surface area contributed by atoms with Gasteiger partial charge in [-0.1, -0.05) is 28.4 Å². The van der Waals surface area contributed by atoms with Crippen molar-refractivity contribution in [3.05, 3.63) is 68.2 Å². The molecule has 0 saturated heterocycles. The van der Waals surface area contributed by atoms with Gasteiger partial charge in [0, 0.05) is 23.5 Å². The van der Waals surface area contributed by atoms with E-state index in [4.69, 9.17) is 4.74 Å². The van der Waals surface area contributed by atoms with Gasteiger partial charge in [-0.2, -0.15) is 0 Å². The van der Waals surface area contributed by atoms with Crippen molar-refractivity contribution in [2.24, 2.45) is 0 Å². The highest BCUT2D eigenvalue weighted by molar-refractivity contribution is 9.10. The van der Waals surface area contributed by atoms with Crippen molar-refractivity contribution < 1.29 is 24.0 Å². The number of hydrogen-bond donors (Lipinski definition) is 0. The number of rotatable bonds is 8. The Hall–Kier alpha value is -3.07. The number of amides is 2. The smallest absolute Gasteiger partial charge is 0.311 e. The van der Waals surface area contributed by atoms with E-state index in [-0.39, 0.29) is 35.7 Å². The zero-order valence-corrected chi connectivity index (χ0v) is 16.9. The van der Waals surface area contributed by atoms with E-state index in [1.165, 1.54) is 18.2 Å². The predicted octanol–water partition coefficient (Wildman–Crippen LogP) is 4.12. The molecule has 0 N–H and O–H groups in total. The molecule has 0 spiro atoms. The molecule has 2 amide bonds. The van der Waals surface area contributed by atoms with Crippen LogP contribution in [0.4, 0.5) is 5.69 Å². The number of fused-ring (bicyclic) bond motifs is 1. The van der Waals surface area contributed by atoms with Crippen LogP contribution >= 0.6 is 15.9 Å². The Kier molecular flexibility index (Phi) is 6.38. The molecule has 0 atom stereocenters. The summed E-state index contributed by atoms with van der Waals surface area (Å²) in [5.74, 6) is -1.07. The molecule has 1 aliphatic rings. The molecule has 29 heavy (non-hydrogen) atoms. The van der Waals surface area contributed by atoms with Crippen LogP contribution in [0.1, 0.15) is 46.4 Å². The van der Waals surface area contributed by atoms with Crippen molar-refractivity contribution in [1.82, 2.24) is 4.90 Å². The molecule has 9 heteroatoms. The second kappa shape index (κ2) is 8.95. The largest absolute Gasteiger partial charge is 0.427 e. The van der Waals surface area contributed by atoms with Gasteiger partial charge in [-0.15, -0.1) is 0 Å². The van der Waals surface area contributed by atoms with Gasteiger partial charge in [0.15, 0.2) is 0 Å². The predicted molar refractivity (Wildman–Crippen MR) is 107 cm³/mol. The van der Waals surface area contributed by atoms with Gasteiger partial charge in [0.05, 0.1) is 10.5 Å². The summed E-state index contributed by atoms with van der Waals surface area (Å²) in [6.45, 7) is 0.144. The van der Waals surface area contributed by atoms with E-state index in [1.807, 2.05) is 0 Å². The van der Waals surface area contributed by atoms with E-state index in [0.717, 1.165) is 9.37 Å². The molecule has 0 aromatic heterocycles. The van der Waals surface area contributed by atoms with Crippen molar-refractivity contribution >= 4 is 39.4 Å². The number of carbonyl (C=O) groups excluding carboxylic acids is 3. The summed E-state index contributed by atoms with van der Waals surface area (Å²) in [5.41, 5.74) is -0.457. The van der Waals surface area contributed by atoms with Gasteiger partial charge in [0.25, 0.3) is 17.5 Å². The molecule has 3 rings (SSSR count). The first-order valence-corrected chi connectivity index (χ1v) is 9.77. The van der Waals surface area contributed by atoms with Crippen LogP contribution in [0.5, 0.6) is 5.75 Å². The molecule has 0 fully saturated rings. The second-order valence-electron chi connectivity index (χ2n) is 6.46. The summed E-state index contributed by atoms with van der Waals surface area (Å²) in [6, 6.07) is 10.9. The van der Waals surface area contributed by atoms with Gasteiger partial charge >= 0.3 is 5.97 Å². The first kappa shape index (κ1) is 20.7. The first-order chi connectivity index (χ1) is 13.9. The molecule has 0 bridgehead atoms. The number of ether oxygens (including phenoxy) is 1. The Morgan fingerprint density at radius 1 is 1.03 bits per heavy atom. The number of halogens is 1. The van der Waals surface area contributed by atoms with Gasteiger partial charge in [-0.25, -0.2) is 0 Å². The van der Waals surface area contributed by atoms with E-state index in [0.29, 0.717) is 25.0 Å². The number of nitro benzene ring substituents is 1. The van der Waals surface area contributed by atoms with Crippen molar-refractivity contribution in [3.8, 4) is 5.75 Å². The fraction of sp³-hybridized carbons (Fsp3) is 0.250. The van der Waals surface area contributed by atoms with Gasteiger partial charge in [-0.05, 0) is 43.2 Å². The number of unbranched alkanes of at least 4 members (excludes halogenated alkanes) is 2. The van der Waals surface area contributed by atoms with Crippen molar-refractivity contribution in [1.29, 1.82) is 0 Å². The van der Waals surface area contributed by atoms with E-state index in [1.54, 1.807) is 24.3 Å². The van der Waals surface area contributed by atoms with Crippen LogP contribution in [0, 0.1) is 10.1 Å². The Morgan fingerprint density at radius 2 is 1.76 bits per heavy atom. The van der Waals surface area contributed by atoms with E-state index < -0.39 is 16.7 Å². The Labute approximate surface area is 174 Å². The van der Waals surface area contributed by atoms with E-state index in [9.17, 15) is 24.5 Å². The fourth-order valence-electron chi connectivity index (χ4n) is 3.07. The molecule has 2 aromatic carbocycles. The van der Waals surface area contributed by atoms with Crippen LogP contribution in [0.15, 0.2) is 46.9 Å². The molecule has 1 heterocycles. The molecule has 8 nitrogen and oxygen atoms in total. The van der Waals surface area contributed by atoms with Crippen LogP contribution in [-0.4, -0.2) is 34.2 Å². The maximum absolute atomic E-state index is 12.5. The number of hydrogen-bond acceptors (Lipinski definition) is 6. The number of imide groups is 1. The van der Waals surface area contributed by atoms with Gasteiger partial charge in [-0.3, -0.25) is 29.4 Å². The quantitative estimate of drug-likeness (QED) is 0.146. The highest BCUT2D eigenvalue weighted by Crippen LogP contribution is 2.30. The minimum absolute atomic E-state index is 0.0577.